The zero-order valence-corrected chi connectivity index (χ0v) is 13.8. The summed E-state index contributed by atoms with van der Waals surface area (Å²) in [5.74, 6) is 0.297. The summed E-state index contributed by atoms with van der Waals surface area (Å²) in [6, 6.07) is 3.96. The summed E-state index contributed by atoms with van der Waals surface area (Å²) in [6.07, 6.45) is 1.99. The molecule has 1 aromatic carbocycles. The molecular formula is C18H27F2N. The Labute approximate surface area is 127 Å². The number of hydrogen-bond acceptors (Lipinski definition) is 1. The van der Waals surface area contributed by atoms with Crippen LogP contribution in [0.3, 0.4) is 0 Å². The molecule has 118 valence electrons. The van der Waals surface area contributed by atoms with E-state index in [1.807, 2.05) is 0 Å². The third-order valence-corrected chi connectivity index (χ3v) is 4.68. The maximum absolute atomic E-state index is 13.6. The van der Waals surface area contributed by atoms with Gasteiger partial charge in [-0.15, -0.1) is 0 Å². The first-order valence-electron chi connectivity index (χ1n) is 7.83. The fourth-order valence-corrected chi connectivity index (χ4v) is 3.19. The van der Waals surface area contributed by atoms with E-state index in [-0.39, 0.29) is 11.0 Å². The van der Waals surface area contributed by atoms with Gasteiger partial charge in [0, 0.05) is 23.6 Å². The largest absolute Gasteiger partial charge is 0.311 e. The molecule has 1 nitrogen and oxygen atoms in total. The van der Waals surface area contributed by atoms with Crippen LogP contribution < -0.4 is 5.32 Å². The van der Waals surface area contributed by atoms with Crippen molar-refractivity contribution in [3.63, 3.8) is 0 Å². The van der Waals surface area contributed by atoms with Crippen molar-refractivity contribution in [2.75, 3.05) is 6.54 Å². The van der Waals surface area contributed by atoms with Crippen molar-refractivity contribution in [1.29, 1.82) is 0 Å². The molecule has 2 rings (SSSR count). The lowest BCUT2D eigenvalue weighted by Crippen LogP contribution is -2.53. The van der Waals surface area contributed by atoms with Crippen molar-refractivity contribution in [1.82, 2.24) is 5.32 Å². The van der Waals surface area contributed by atoms with Gasteiger partial charge in [0.05, 0.1) is 0 Å². The van der Waals surface area contributed by atoms with Crippen molar-refractivity contribution in [2.24, 2.45) is 11.8 Å². The van der Waals surface area contributed by atoms with E-state index < -0.39 is 11.6 Å². The summed E-state index contributed by atoms with van der Waals surface area (Å²) in [5, 5.41) is 3.52. The second kappa shape index (κ2) is 5.68. The first kappa shape index (κ1) is 16.4. The smallest absolute Gasteiger partial charge is 0.126 e. The molecule has 1 saturated carbocycles. The molecule has 0 atom stereocenters. The monoisotopic (exact) mass is 295 g/mol. The molecule has 3 heteroatoms. The van der Waals surface area contributed by atoms with Crippen LogP contribution >= 0.6 is 0 Å². The Kier molecular flexibility index (Phi) is 4.44. The molecule has 1 aliphatic rings. The molecule has 0 spiro atoms. The standard InChI is InChI=1S/C18H27F2N/c1-12(2)13-9-18(10-13,11-21-17(3,4)5)14-6-15(19)8-16(20)7-14/h6-8,12-13,21H,9-11H2,1-5H3. The molecule has 0 unspecified atom stereocenters. The maximum Gasteiger partial charge on any atom is 0.126 e. The van der Waals surface area contributed by atoms with Gasteiger partial charge in [-0.25, -0.2) is 8.78 Å². The van der Waals surface area contributed by atoms with Crippen LogP contribution in [0.2, 0.25) is 0 Å². The third-order valence-electron chi connectivity index (χ3n) is 4.68. The van der Waals surface area contributed by atoms with E-state index in [0.717, 1.165) is 31.0 Å². The average Bonchev–Trinajstić information content (AvgIpc) is 2.23. The van der Waals surface area contributed by atoms with E-state index in [0.29, 0.717) is 11.8 Å². The van der Waals surface area contributed by atoms with Crippen LogP contribution in [-0.2, 0) is 5.41 Å². The first-order valence-corrected chi connectivity index (χ1v) is 7.83. The zero-order valence-electron chi connectivity index (χ0n) is 13.8. The summed E-state index contributed by atoms with van der Waals surface area (Å²) in [4.78, 5) is 0. The normalized spacial score (nSPS) is 26.0. The molecule has 1 N–H and O–H groups in total. The van der Waals surface area contributed by atoms with Crippen LogP contribution in [0.25, 0.3) is 0 Å². The van der Waals surface area contributed by atoms with Gasteiger partial charge in [-0.2, -0.15) is 0 Å². The Hall–Kier alpha value is -0.960. The Balaban J connectivity index is 2.25. The highest BCUT2D eigenvalue weighted by molar-refractivity contribution is 5.31. The van der Waals surface area contributed by atoms with Gasteiger partial charge in [0.2, 0.25) is 0 Å². The number of halogens is 2. The van der Waals surface area contributed by atoms with Crippen molar-refractivity contribution >= 4 is 0 Å². The predicted molar refractivity (Wildman–Crippen MR) is 83.4 cm³/mol. The molecule has 0 heterocycles. The summed E-state index contributed by atoms with van der Waals surface area (Å²) in [5.41, 5.74) is 0.668. The van der Waals surface area contributed by atoms with E-state index in [4.69, 9.17) is 0 Å². The molecule has 0 amide bonds. The molecule has 0 saturated heterocycles. The SMILES string of the molecule is CC(C)C1CC(CNC(C)(C)C)(c2cc(F)cc(F)c2)C1. The zero-order chi connectivity index (χ0) is 15.8. The molecule has 1 fully saturated rings. The molecular weight excluding hydrogens is 268 g/mol. The molecule has 0 aromatic heterocycles. The van der Waals surface area contributed by atoms with Gasteiger partial charge < -0.3 is 5.32 Å². The average molecular weight is 295 g/mol. The molecule has 0 radical (unpaired) electrons. The second-order valence-corrected chi connectivity index (χ2v) is 7.95. The molecule has 0 bridgehead atoms. The van der Waals surface area contributed by atoms with E-state index in [9.17, 15) is 8.78 Å². The molecule has 21 heavy (non-hydrogen) atoms. The minimum atomic E-state index is -0.479. The van der Waals surface area contributed by atoms with E-state index in [1.54, 1.807) is 0 Å². The fraction of sp³-hybridized carbons (Fsp3) is 0.667. The lowest BCUT2D eigenvalue weighted by Gasteiger charge is -2.51. The maximum atomic E-state index is 13.6. The van der Waals surface area contributed by atoms with Crippen LogP contribution in [0.15, 0.2) is 18.2 Å². The van der Waals surface area contributed by atoms with Gasteiger partial charge in [-0.1, -0.05) is 13.8 Å². The highest BCUT2D eigenvalue weighted by atomic mass is 19.1. The summed E-state index contributed by atoms with van der Waals surface area (Å²) >= 11 is 0. The highest BCUT2D eigenvalue weighted by Gasteiger charge is 2.46. The summed E-state index contributed by atoms with van der Waals surface area (Å²) in [7, 11) is 0. The van der Waals surface area contributed by atoms with E-state index in [2.05, 4.69) is 39.9 Å². The molecule has 1 aromatic rings. The van der Waals surface area contributed by atoms with Gasteiger partial charge in [-0.05, 0) is 63.1 Å². The Morgan fingerprint density at radius 3 is 2.10 bits per heavy atom. The lowest BCUT2D eigenvalue weighted by atomic mass is 9.55. The summed E-state index contributed by atoms with van der Waals surface area (Å²) < 4.78 is 27.2. The highest BCUT2D eigenvalue weighted by Crippen LogP contribution is 2.50. The van der Waals surface area contributed by atoms with Crippen LogP contribution in [-0.4, -0.2) is 12.1 Å². The third kappa shape index (κ3) is 3.82. The Morgan fingerprint density at radius 2 is 1.67 bits per heavy atom. The minimum Gasteiger partial charge on any atom is -0.311 e. The number of nitrogens with one attached hydrogen (secondary N) is 1. The topological polar surface area (TPSA) is 12.0 Å². The summed E-state index contributed by atoms with van der Waals surface area (Å²) in [6.45, 7) is 11.6. The molecule has 1 aliphatic carbocycles. The Morgan fingerprint density at radius 1 is 1.14 bits per heavy atom. The lowest BCUT2D eigenvalue weighted by molar-refractivity contribution is 0.0907. The number of hydrogen-bond donors (Lipinski definition) is 1. The van der Waals surface area contributed by atoms with Crippen LogP contribution in [0, 0.1) is 23.5 Å². The van der Waals surface area contributed by atoms with Crippen LogP contribution in [0.5, 0.6) is 0 Å². The van der Waals surface area contributed by atoms with Gasteiger partial charge in [-0.3, -0.25) is 0 Å². The van der Waals surface area contributed by atoms with Crippen LogP contribution in [0.1, 0.15) is 53.0 Å². The minimum absolute atomic E-state index is 0.00177. The fourth-order valence-electron chi connectivity index (χ4n) is 3.19. The van der Waals surface area contributed by atoms with Crippen molar-refractivity contribution in [2.45, 2.75) is 58.4 Å². The van der Waals surface area contributed by atoms with Crippen molar-refractivity contribution < 1.29 is 8.78 Å². The second-order valence-electron chi connectivity index (χ2n) is 7.95. The van der Waals surface area contributed by atoms with E-state index >= 15 is 0 Å². The number of benzene rings is 1. The predicted octanol–water partition coefficient (Wildman–Crippen LogP) is 4.66. The van der Waals surface area contributed by atoms with Gasteiger partial charge in [0.25, 0.3) is 0 Å². The van der Waals surface area contributed by atoms with Gasteiger partial charge in [0.15, 0.2) is 0 Å². The Bertz CT molecular complexity index is 476. The first-order chi connectivity index (χ1) is 9.61. The van der Waals surface area contributed by atoms with Gasteiger partial charge in [0.1, 0.15) is 11.6 Å². The van der Waals surface area contributed by atoms with Crippen molar-refractivity contribution in [3.8, 4) is 0 Å². The number of rotatable bonds is 4. The van der Waals surface area contributed by atoms with Crippen molar-refractivity contribution in [3.05, 3.63) is 35.4 Å². The van der Waals surface area contributed by atoms with Gasteiger partial charge >= 0.3 is 0 Å². The van der Waals surface area contributed by atoms with Crippen LogP contribution in [0.4, 0.5) is 8.78 Å². The molecule has 0 aliphatic heterocycles. The quantitative estimate of drug-likeness (QED) is 0.852. The van der Waals surface area contributed by atoms with E-state index in [1.165, 1.54) is 12.1 Å².